The molecular weight excluding hydrogens is 210 g/mol. The Hall–Kier alpha value is -1.03. The van der Waals surface area contributed by atoms with Gasteiger partial charge in [-0.25, -0.2) is 0 Å². The lowest BCUT2D eigenvalue weighted by Crippen LogP contribution is -1.95. The van der Waals surface area contributed by atoms with E-state index >= 15 is 0 Å². The van der Waals surface area contributed by atoms with E-state index in [0.717, 1.165) is 4.47 Å². The summed E-state index contributed by atoms with van der Waals surface area (Å²) in [7, 11) is 0. The average Bonchev–Trinajstić information content (AvgIpc) is 2.32. The monoisotopic (exact) mass is 213 g/mol. The lowest BCUT2D eigenvalue weighted by molar-refractivity contribution is 0.449. The fourth-order valence-corrected chi connectivity index (χ4v) is 1.26. The number of halogens is 1. The van der Waals surface area contributed by atoms with Crippen molar-refractivity contribution in [3.8, 4) is 0 Å². The second kappa shape index (κ2) is 2.23. The average molecular weight is 214 g/mol. The minimum Gasteiger partial charge on any atom is -0.378 e. The fraction of sp³-hybridized carbons (Fsp3) is 0. The molecule has 0 fully saturated rings. The van der Waals surface area contributed by atoms with Crippen LogP contribution in [0.2, 0.25) is 0 Å². The van der Waals surface area contributed by atoms with Gasteiger partial charge in [0.2, 0.25) is 0 Å². The van der Waals surface area contributed by atoms with Gasteiger partial charge in [0, 0.05) is 4.47 Å². The van der Waals surface area contributed by atoms with Crippen LogP contribution in [0.3, 0.4) is 0 Å². The topological polar surface area (TPSA) is 46.0 Å². The maximum atomic E-state index is 10.9. The third kappa shape index (κ3) is 0.991. The molecule has 0 bridgehead atoms. The van der Waals surface area contributed by atoms with Crippen molar-refractivity contribution >= 4 is 26.9 Å². The van der Waals surface area contributed by atoms with Gasteiger partial charge in [0.15, 0.2) is 5.58 Å². The summed E-state index contributed by atoms with van der Waals surface area (Å²) in [6, 6.07) is 5.25. The van der Waals surface area contributed by atoms with Gasteiger partial charge in [0.05, 0.1) is 5.39 Å². The Balaban J connectivity index is 2.97. The van der Waals surface area contributed by atoms with Gasteiger partial charge in [-0.3, -0.25) is 4.79 Å². The van der Waals surface area contributed by atoms with E-state index in [2.05, 4.69) is 21.1 Å². The van der Waals surface area contributed by atoms with Crippen LogP contribution >= 0.6 is 15.9 Å². The molecule has 1 heterocycles. The number of aromatic nitrogens is 1. The highest BCUT2D eigenvalue weighted by molar-refractivity contribution is 9.10. The van der Waals surface area contributed by atoms with Crippen molar-refractivity contribution in [1.82, 2.24) is 5.16 Å². The first kappa shape index (κ1) is 6.67. The van der Waals surface area contributed by atoms with Crippen molar-refractivity contribution in [1.29, 1.82) is 0 Å². The summed E-state index contributed by atoms with van der Waals surface area (Å²) in [6.45, 7) is 0. The molecule has 11 heavy (non-hydrogen) atoms. The van der Waals surface area contributed by atoms with Gasteiger partial charge in [-0.15, -0.1) is 0 Å². The molecule has 0 saturated carbocycles. The Morgan fingerprint density at radius 1 is 1.45 bits per heavy atom. The van der Waals surface area contributed by atoms with Crippen molar-refractivity contribution in [2.75, 3.05) is 0 Å². The Bertz CT molecular complexity index is 443. The zero-order valence-electron chi connectivity index (χ0n) is 5.43. The highest BCUT2D eigenvalue weighted by atomic mass is 79.9. The summed E-state index contributed by atoms with van der Waals surface area (Å²) in [6.07, 6.45) is 0. The molecule has 3 nitrogen and oxygen atoms in total. The van der Waals surface area contributed by atoms with Crippen LogP contribution < -0.4 is 5.56 Å². The van der Waals surface area contributed by atoms with E-state index < -0.39 is 0 Å². The van der Waals surface area contributed by atoms with Gasteiger partial charge in [-0.1, -0.05) is 15.9 Å². The number of hydrogen-bond acceptors (Lipinski definition) is 2. The number of H-pyrrole nitrogens is 1. The van der Waals surface area contributed by atoms with Gasteiger partial charge in [-0.05, 0) is 18.2 Å². The molecule has 1 N–H and O–H groups in total. The van der Waals surface area contributed by atoms with Gasteiger partial charge < -0.3 is 4.52 Å². The highest BCUT2D eigenvalue weighted by Gasteiger charge is 2.01. The lowest BCUT2D eigenvalue weighted by Gasteiger charge is -1.85. The van der Waals surface area contributed by atoms with Crippen molar-refractivity contribution in [3.63, 3.8) is 0 Å². The van der Waals surface area contributed by atoms with E-state index in [0.29, 0.717) is 11.0 Å². The van der Waals surface area contributed by atoms with Crippen LogP contribution in [0.1, 0.15) is 0 Å². The first-order chi connectivity index (χ1) is 5.27. The standard InChI is InChI=1S/C7H4BrNO2/c8-4-1-2-5-6(3-4)11-9-7(5)10/h1-3H,(H,9,10). The molecule has 2 rings (SSSR count). The van der Waals surface area contributed by atoms with Crippen molar-refractivity contribution in [2.24, 2.45) is 0 Å². The first-order valence-corrected chi connectivity index (χ1v) is 3.83. The summed E-state index contributed by atoms with van der Waals surface area (Å²) in [5.74, 6) is 0. The predicted octanol–water partition coefficient (Wildman–Crippen LogP) is 1.88. The number of fused-ring (bicyclic) bond motifs is 1. The van der Waals surface area contributed by atoms with E-state index in [9.17, 15) is 4.79 Å². The molecule has 1 aromatic heterocycles. The van der Waals surface area contributed by atoms with Crippen LogP contribution in [0.15, 0.2) is 32.0 Å². The quantitative estimate of drug-likeness (QED) is 0.727. The summed E-state index contributed by atoms with van der Waals surface area (Å²) in [5, 5.41) is 2.83. The minimum atomic E-state index is -0.187. The SMILES string of the molecule is O=c1[nH]oc2cc(Br)ccc12. The summed E-state index contributed by atoms with van der Waals surface area (Å²) in [4.78, 5) is 10.9. The molecule has 0 spiro atoms. The van der Waals surface area contributed by atoms with Gasteiger partial charge in [0.1, 0.15) is 0 Å². The molecule has 2 aromatic rings. The van der Waals surface area contributed by atoms with Crippen LogP contribution in [-0.2, 0) is 0 Å². The Morgan fingerprint density at radius 3 is 3.09 bits per heavy atom. The molecule has 0 saturated heterocycles. The number of benzene rings is 1. The zero-order chi connectivity index (χ0) is 7.84. The van der Waals surface area contributed by atoms with Crippen LogP contribution in [0.25, 0.3) is 11.0 Å². The van der Waals surface area contributed by atoms with E-state index in [-0.39, 0.29) is 5.56 Å². The number of aromatic amines is 1. The van der Waals surface area contributed by atoms with Gasteiger partial charge in [0.25, 0.3) is 5.56 Å². The maximum absolute atomic E-state index is 10.9. The lowest BCUT2D eigenvalue weighted by atomic mass is 10.3. The second-order valence-electron chi connectivity index (χ2n) is 2.17. The normalized spacial score (nSPS) is 10.6. The molecule has 0 atom stereocenters. The molecule has 56 valence electrons. The van der Waals surface area contributed by atoms with Gasteiger partial charge in [-0.2, -0.15) is 5.16 Å². The Labute approximate surface area is 70.1 Å². The van der Waals surface area contributed by atoms with Crippen LogP contribution in [0.5, 0.6) is 0 Å². The molecular formula is C7H4BrNO2. The Morgan fingerprint density at radius 2 is 2.27 bits per heavy atom. The molecule has 0 amide bonds. The third-order valence-electron chi connectivity index (χ3n) is 1.44. The summed E-state index contributed by atoms with van der Waals surface area (Å²) >= 11 is 3.27. The van der Waals surface area contributed by atoms with Crippen molar-refractivity contribution in [2.45, 2.75) is 0 Å². The molecule has 0 unspecified atom stereocenters. The number of rotatable bonds is 0. The zero-order valence-corrected chi connectivity index (χ0v) is 7.01. The molecule has 0 aliphatic carbocycles. The largest absolute Gasteiger partial charge is 0.378 e. The molecule has 0 aliphatic rings. The number of hydrogen-bond donors (Lipinski definition) is 1. The molecule has 4 heteroatoms. The Kier molecular flexibility index (Phi) is 1.35. The van der Waals surface area contributed by atoms with E-state index in [4.69, 9.17) is 4.52 Å². The third-order valence-corrected chi connectivity index (χ3v) is 1.94. The van der Waals surface area contributed by atoms with Crippen LogP contribution in [-0.4, -0.2) is 5.16 Å². The summed E-state index contributed by atoms with van der Waals surface area (Å²) in [5.41, 5.74) is 0.386. The van der Waals surface area contributed by atoms with E-state index in [1.807, 2.05) is 0 Å². The molecule has 0 radical (unpaired) electrons. The van der Waals surface area contributed by atoms with Crippen LogP contribution in [0, 0.1) is 0 Å². The minimum absolute atomic E-state index is 0.187. The van der Waals surface area contributed by atoms with Gasteiger partial charge >= 0.3 is 0 Å². The molecule has 0 aliphatic heterocycles. The highest BCUT2D eigenvalue weighted by Crippen LogP contribution is 2.15. The number of nitrogens with one attached hydrogen (secondary N) is 1. The maximum Gasteiger partial charge on any atom is 0.287 e. The van der Waals surface area contributed by atoms with E-state index in [1.165, 1.54) is 0 Å². The van der Waals surface area contributed by atoms with E-state index in [1.54, 1.807) is 18.2 Å². The second-order valence-corrected chi connectivity index (χ2v) is 3.09. The summed E-state index contributed by atoms with van der Waals surface area (Å²) < 4.78 is 5.76. The van der Waals surface area contributed by atoms with Crippen molar-refractivity contribution < 1.29 is 4.52 Å². The van der Waals surface area contributed by atoms with Crippen LogP contribution in [0.4, 0.5) is 0 Å². The first-order valence-electron chi connectivity index (χ1n) is 3.04. The molecule has 1 aromatic carbocycles. The smallest absolute Gasteiger partial charge is 0.287 e. The fourth-order valence-electron chi connectivity index (χ4n) is 0.925. The predicted molar refractivity (Wildman–Crippen MR) is 44.5 cm³/mol. The van der Waals surface area contributed by atoms with Crippen molar-refractivity contribution in [3.05, 3.63) is 33.0 Å².